The molecule has 0 amide bonds. The molecule has 3 heteroatoms. The third-order valence-electron chi connectivity index (χ3n) is 2.29. The number of nitrogens with zero attached hydrogens (tertiary/aromatic N) is 3. The van der Waals surface area contributed by atoms with Crippen LogP contribution >= 0.6 is 0 Å². The van der Waals surface area contributed by atoms with Crippen LogP contribution in [0.25, 0.3) is 6.08 Å². The summed E-state index contributed by atoms with van der Waals surface area (Å²) < 4.78 is 0. The molecule has 1 aromatic rings. The highest BCUT2D eigenvalue weighted by atomic mass is 14.9. The van der Waals surface area contributed by atoms with Gasteiger partial charge in [0.15, 0.2) is 0 Å². The van der Waals surface area contributed by atoms with Crippen LogP contribution in [0, 0.1) is 0 Å². The highest BCUT2D eigenvalue weighted by Crippen LogP contribution is 2.14. The van der Waals surface area contributed by atoms with Crippen molar-refractivity contribution in [1.82, 2.24) is 0 Å². The van der Waals surface area contributed by atoms with Gasteiger partial charge in [0.05, 0.1) is 17.6 Å². The molecular weight excluding hydrogens is 162 g/mol. The molecule has 0 aliphatic carbocycles. The molecule has 0 fully saturated rings. The summed E-state index contributed by atoms with van der Waals surface area (Å²) in [5.41, 5.74) is 2.18. The number of fused-ring (bicyclic) bond motifs is 3. The third kappa shape index (κ3) is 0.869. The highest BCUT2D eigenvalue weighted by molar-refractivity contribution is 5.92. The molecule has 1 aromatic carbocycles. The quantitative estimate of drug-likeness (QED) is 0.537. The SMILES string of the molecule is C1=NCc2c3c(ccc2=C1)=NC=N3. The van der Waals surface area contributed by atoms with Gasteiger partial charge in [0, 0.05) is 11.8 Å². The highest BCUT2D eigenvalue weighted by Gasteiger charge is 2.09. The molecule has 0 aromatic heterocycles. The standard InChI is InChI=1S/C10H7N3/c1-2-9-10(13-6-12-9)8-5-11-4-3-7(1)8/h1-4,6H,5H2. The van der Waals surface area contributed by atoms with E-state index < -0.39 is 0 Å². The van der Waals surface area contributed by atoms with Crippen molar-refractivity contribution < 1.29 is 0 Å². The molecule has 3 rings (SSSR count). The second-order valence-electron chi connectivity index (χ2n) is 3.03. The maximum Gasteiger partial charge on any atom is 0.116 e. The molecule has 0 unspecified atom stereocenters. The Kier molecular flexibility index (Phi) is 1.22. The van der Waals surface area contributed by atoms with Crippen molar-refractivity contribution in [3.8, 4) is 0 Å². The molecule has 2 aliphatic heterocycles. The molecule has 3 nitrogen and oxygen atoms in total. The minimum atomic E-state index is 0.724. The van der Waals surface area contributed by atoms with Crippen molar-refractivity contribution in [3.63, 3.8) is 0 Å². The van der Waals surface area contributed by atoms with Crippen LogP contribution in [0.3, 0.4) is 0 Å². The zero-order valence-corrected chi connectivity index (χ0v) is 6.94. The molecule has 0 atom stereocenters. The summed E-state index contributed by atoms with van der Waals surface area (Å²) in [4.78, 5) is 12.6. The Bertz CT molecular complexity index is 538. The van der Waals surface area contributed by atoms with Crippen LogP contribution in [0.5, 0.6) is 0 Å². The van der Waals surface area contributed by atoms with E-state index in [1.165, 1.54) is 10.8 Å². The first-order chi connectivity index (χ1) is 6.45. The normalized spacial score (nSPS) is 16.0. The van der Waals surface area contributed by atoms with Crippen molar-refractivity contribution >= 4 is 24.3 Å². The van der Waals surface area contributed by atoms with Crippen molar-refractivity contribution in [1.29, 1.82) is 0 Å². The minimum absolute atomic E-state index is 0.724. The molecule has 0 saturated heterocycles. The summed E-state index contributed by atoms with van der Waals surface area (Å²) >= 11 is 0. The lowest BCUT2D eigenvalue weighted by atomic mass is 10.1. The zero-order chi connectivity index (χ0) is 8.67. The molecule has 0 saturated carbocycles. The van der Waals surface area contributed by atoms with Gasteiger partial charge >= 0.3 is 0 Å². The number of hydrogen-bond donors (Lipinski definition) is 0. The summed E-state index contributed by atoms with van der Waals surface area (Å²) in [6.45, 7) is 0.724. The second kappa shape index (κ2) is 2.36. The maximum atomic E-state index is 4.23. The Balaban J connectivity index is 2.47. The fourth-order valence-electron chi connectivity index (χ4n) is 1.64. The van der Waals surface area contributed by atoms with Gasteiger partial charge in [-0.2, -0.15) is 0 Å². The van der Waals surface area contributed by atoms with Crippen LogP contribution in [0.2, 0.25) is 0 Å². The Morgan fingerprint density at radius 1 is 1.23 bits per heavy atom. The first kappa shape index (κ1) is 6.71. The lowest BCUT2D eigenvalue weighted by molar-refractivity contribution is 1.05. The third-order valence-corrected chi connectivity index (χ3v) is 2.29. The molecular formula is C10H7N3. The molecule has 0 spiro atoms. The van der Waals surface area contributed by atoms with E-state index in [0.717, 1.165) is 17.6 Å². The fourth-order valence-corrected chi connectivity index (χ4v) is 1.64. The zero-order valence-electron chi connectivity index (χ0n) is 6.94. The summed E-state index contributed by atoms with van der Waals surface area (Å²) in [5, 5.41) is 2.17. The Morgan fingerprint density at radius 3 is 3.23 bits per heavy atom. The van der Waals surface area contributed by atoms with E-state index in [1.54, 1.807) is 6.34 Å². The lowest BCUT2D eigenvalue weighted by Crippen LogP contribution is -2.17. The molecule has 62 valence electrons. The van der Waals surface area contributed by atoms with Gasteiger partial charge in [0.2, 0.25) is 0 Å². The van der Waals surface area contributed by atoms with Gasteiger partial charge in [-0.15, -0.1) is 0 Å². The second-order valence-corrected chi connectivity index (χ2v) is 3.03. The van der Waals surface area contributed by atoms with Crippen molar-refractivity contribution in [2.75, 3.05) is 0 Å². The number of hydrogen-bond acceptors (Lipinski definition) is 3. The molecule has 13 heavy (non-hydrogen) atoms. The first-order valence-electron chi connectivity index (χ1n) is 4.17. The predicted molar refractivity (Wildman–Crippen MR) is 52.0 cm³/mol. The topological polar surface area (TPSA) is 37.1 Å². The van der Waals surface area contributed by atoms with Crippen molar-refractivity contribution in [3.05, 3.63) is 28.3 Å². The van der Waals surface area contributed by atoms with E-state index in [4.69, 9.17) is 0 Å². The van der Waals surface area contributed by atoms with Crippen LogP contribution in [0.15, 0.2) is 27.1 Å². The van der Waals surface area contributed by atoms with E-state index in [1.807, 2.05) is 18.4 Å². The summed E-state index contributed by atoms with van der Waals surface area (Å²) in [7, 11) is 0. The van der Waals surface area contributed by atoms with Crippen LogP contribution in [0.4, 0.5) is 5.69 Å². The van der Waals surface area contributed by atoms with Crippen LogP contribution in [-0.4, -0.2) is 12.6 Å². The summed E-state index contributed by atoms with van der Waals surface area (Å²) in [5.74, 6) is 0. The van der Waals surface area contributed by atoms with E-state index in [0.29, 0.717) is 0 Å². The van der Waals surface area contributed by atoms with E-state index in [9.17, 15) is 0 Å². The van der Waals surface area contributed by atoms with Gasteiger partial charge in [0.1, 0.15) is 6.34 Å². The van der Waals surface area contributed by atoms with E-state index in [-0.39, 0.29) is 0 Å². The summed E-state index contributed by atoms with van der Waals surface area (Å²) in [6.07, 6.45) is 5.45. The summed E-state index contributed by atoms with van der Waals surface area (Å²) in [6, 6.07) is 4.06. The molecule has 2 heterocycles. The molecule has 2 aliphatic rings. The van der Waals surface area contributed by atoms with Gasteiger partial charge < -0.3 is 0 Å². The van der Waals surface area contributed by atoms with Gasteiger partial charge in [-0.25, -0.2) is 9.98 Å². The number of rotatable bonds is 0. The Hall–Kier alpha value is -1.77. The van der Waals surface area contributed by atoms with Crippen LogP contribution in [0.1, 0.15) is 5.56 Å². The average Bonchev–Trinajstić information content (AvgIpc) is 2.65. The van der Waals surface area contributed by atoms with Gasteiger partial charge in [0.25, 0.3) is 0 Å². The van der Waals surface area contributed by atoms with Crippen LogP contribution < -0.4 is 10.6 Å². The largest absolute Gasteiger partial charge is 0.288 e. The lowest BCUT2D eigenvalue weighted by Gasteiger charge is -2.04. The molecule has 0 radical (unpaired) electrons. The predicted octanol–water partition coefficient (Wildman–Crippen LogP) is 0.345. The van der Waals surface area contributed by atoms with Gasteiger partial charge in [-0.1, -0.05) is 6.07 Å². The minimum Gasteiger partial charge on any atom is -0.288 e. The van der Waals surface area contributed by atoms with Crippen LogP contribution in [-0.2, 0) is 6.54 Å². The number of benzene rings is 1. The molecule has 0 N–H and O–H groups in total. The van der Waals surface area contributed by atoms with Gasteiger partial charge in [-0.05, 0) is 17.4 Å². The maximum absolute atomic E-state index is 4.23. The van der Waals surface area contributed by atoms with E-state index >= 15 is 0 Å². The van der Waals surface area contributed by atoms with Crippen molar-refractivity contribution in [2.45, 2.75) is 6.54 Å². The Labute approximate surface area is 74.9 Å². The van der Waals surface area contributed by atoms with Gasteiger partial charge in [-0.3, -0.25) is 4.99 Å². The first-order valence-corrected chi connectivity index (χ1v) is 4.17. The average molecular weight is 169 g/mol. The smallest absolute Gasteiger partial charge is 0.116 e. The fraction of sp³-hybridized carbons (Fsp3) is 0.100. The van der Waals surface area contributed by atoms with Crippen molar-refractivity contribution in [2.24, 2.45) is 15.0 Å². The molecule has 0 bridgehead atoms. The Morgan fingerprint density at radius 2 is 2.23 bits per heavy atom. The number of aliphatic imine (C=N–C) groups is 2. The van der Waals surface area contributed by atoms with E-state index in [2.05, 4.69) is 21.0 Å². The monoisotopic (exact) mass is 169 g/mol.